The molecule has 0 amide bonds. The summed E-state index contributed by atoms with van der Waals surface area (Å²) in [5, 5.41) is 9.67. The van der Waals surface area contributed by atoms with Gasteiger partial charge >= 0.3 is 0 Å². The van der Waals surface area contributed by atoms with E-state index in [-0.39, 0.29) is 5.78 Å². The fourth-order valence-corrected chi connectivity index (χ4v) is 4.14. The van der Waals surface area contributed by atoms with Crippen LogP contribution >= 0.6 is 11.8 Å². The summed E-state index contributed by atoms with van der Waals surface area (Å²) >= 11 is 1.50. The van der Waals surface area contributed by atoms with E-state index in [1.54, 1.807) is 0 Å². The van der Waals surface area contributed by atoms with Crippen LogP contribution < -0.4 is 4.74 Å². The molecule has 0 radical (unpaired) electrons. The Balaban J connectivity index is 1.23. The molecule has 142 valence electrons. The van der Waals surface area contributed by atoms with Gasteiger partial charge in [0.2, 0.25) is 0 Å². The molecule has 3 aromatic rings. The van der Waals surface area contributed by atoms with Gasteiger partial charge in [-0.05, 0) is 62.1 Å². The maximum absolute atomic E-state index is 12.6. The Hall–Kier alpha value is -2.60. The lowest BCUT2D eigenvalue weighted by atomic mass is 10.1. The Labute approximate surface area is 168 Å². The second-order valence-corrected chi connectivity index (χ2v) is 8.31. The van der Waals surface area contributed by atoms with E-state index in [0.29, 0.717) is 23.3 Å². The zero-order chi connectivity index (χ0) is 18.9. The van der Waals surface area contributed by atoms with Crippen molar-refractivity contribution in [2.75, 3.05) is 5.75 Å². The van der Waals surface area contributed by atoms with Crippen LogP contribution in [0.4, 0.5) is 0 Å². The highest BCUT2D eigenvalue weighted by Crippen LogP contribution is 2.46. The van der Waals surface area contributed by atoms with Crippen molar-refractivity contribution in [2.45, 2.75) is 42.8 Å². The van der Waals surface area contributed by atoms with Crippen LogP contribution in [-0.2, 0) is 0 Å². The molecule has 2 fully saturated rings. The number of carbonyl (C=O) groups is 1. The van der Waals surface area contributed by atoms with Crippen molar-refractivity contribution in [1.29, 1.82) is 0 Å². The summed E-state index contributed by atoms with van der Waals surface area (Å²) in [7, 11) is 0. The van der Waals surface area contributed by atoms with E-state index in [0.717, 1.165) is 22.5 Å². The molecule has 2 aliphatic rings. The lowest BCUT2D eigenvalue weighted by molar-refractivity contribution is 0.102. The molecule has 0 aliphatic heterocycles. The number of hydrogen-bond acceptors (Lipinski definition) is 5. The average Bonchev–Trinajstić information content (AvgIpc) is 3.66. The van der Waals surface area contributed by atoms with E-state index >= 15 is 0 Å². The summed E-state index contributed by atoms with van der Waals surface area (Å²) in [4.78, 5) is 12.6. The number of Topliss-reactive ketones (excluding diaryl/α,β-unsaturated/α-hetero) is 1. The van der Waals surface area contributed by atoms with Crippen LogP contribution in [0.15, 0.2) is 59.8 Å². The highest BCUT2D eigenvalue weighted by molar-refractivity contribution is 7.99. The Kier molecular flexibility index (Phi) is 4.64. The molecule has 5 rings (SSSR count). The Morgan fingerprint density at radius 1 is 0.964 bits per heavy atom. The summed E-state index contributed by atoms with van der Waals surface area (Å²) in [6.45, 7) is 0. The van der Waals surface area contributed by atoms with Gasteiger partial charge < -0.3 is 9.30 Å². The van der Waals surface area contributed by atoms with E-state index in [4.69, 9.17) is 4.74 Å². The fraction of sp³-hybridized carbons (Fsp3) is 0.318. The maximum Gasteiger partial charge on any atom is 0.191 e. The Bertz CT molecular complexity index is 977. The molecule has 0 unspecified atom stereocenters. The highest BCUT2D eigenvalue weighted by atomic mass is 32.2. The second kappa shape index (κ2) is 7.43. The van der Waals surface area contributed by atoms with Gasteiger partial charge in [-0.25, -0.2) is 0 Å². The standard InChI is InChI=1S/C22H21N3O2S/c26-20(15-8-12-19(13-9-15)27-18-4-2-1-3-5-18)14-28-22-24-23-21(16-6-7-16)25(22)17-10-11-17/h1-5,8-9,12-13,16-17H,6-7,10-11,14H2. The number of ether oxygens (including phenoxy) is 1. The van der Waals surface area contributed by atoms with Gasteiger partial charge in [0.25, 0.3) is 0 Å². The molecule has 0 N–H and O–H groups in total. The monoisotopic (exact) mass is 391 g/mol. The van der Waals surface area contributed by atoms with E-state index in [9.17, 15) is 4.79 Å². The number of nitrogens with zero attached hydrogens (tertiary/aromatic N) is 3. The molecular formula is C22H21N3O2S. The molecule has 6 heteroatoms. The van der Waals surface area contributed by atoms with Gasteiger partial charge in [0, 0.05) is 17.5 Å². The predicted molar refractivity (Wildman–Crippen MR) is 108 cm³/mol. The molecule has 5 nitrogen and oxygen atoms in total. The summed E-state index contributed by atoms with van der Waals surface area (Å²) < 4.78 is 8.07. The van der Waals surface area contributed by atoms with Crippen molar-refractivity contribution >= 4 is 17.5 Å². The zero-order valence-electron chi connectivity index (χ0n) is 15.5. The van der Waals surface area contributed by atoms with Crippen LogP contribution in [0.1, 0.15) is 53.8 Å². The molecule has 0 atom stereocenters. The summed E-state index contributed by atoms with van der Waals surface area (Å²) in [5.74, 6) is 3.67. The third kappa shape index (κ3) is 3.83. The topological polar surface area (TPSA) is 57.0 Å². The van der Waals surface area contributed by atoms with Crippen molar-refractivity contribution in [3.05, 3.63) is 66.0 Å². The largest absolute Gasteiger partial charge is 0.457 e. The smallest absolute Gasteiger partial charge is 0.191 e. The molecule has 28 heavy (non-hydrogen) atoms. The molecule has 2 saturated carbocycles. The van der Waals surface area contributed by atoms with Gasteiger partial charge in [-0.15, -0.1) is 10.2 Å². The van der Waals surface area contributed by atoms with Gasteiger partial charge in [0.15, 0.2) is 10.9 Å². The van der Waals surface area contributed by atoms with Crippen molar-refractivity contribution in [2.24, 2.45) is 0 Å². The number of thioether (sulfide) groups is 1. The average molecular weight is 391 g/mol. The SMILES string of the molecule is O=C(CSc1nnc(C2CC2)n1C1CC1)c1ccc(Oc2ccccc2)cc1. The molecule has 0 saturated heterocycles. The van der Waals surface area contributed by atoms with Crippen molar-refractivity contribution in [1.82, 2.24) is 14.8 Å². The number of hydrogen-bond donors (Lipinski definition) is 0. The lowest BCUT2D eigenvalue weighted by Gasteiger charge is -2.08. The maximum atomic E-state index is 12.6. The first kappa shape index (κ1) is 17.5. The van der Waals surface area contributed by atoms with Gasteiger partial charge in [0.05, 0.1) is 5.75 Å². The zero-order valence-corrected chi connectivity index (χ0v) is 16.3. The quantitative estimate of drug-likeness (QED) is 0.387. The van der Waals surface area contributed by atoms with Crippen molar-refractivity contribution in [3.63, 3.8) is 0 Å². The third-order valence-electron chi connectivity index (χ3n) is 5.03. The molecular weight excluding hydrogens is 370 g/mol. The lowest BCUT2D eigenvalue weighted by Crippen LogP contribution is -2.06. The number of rotatable bonds is 8. The van der Waals surface area contributed by atoms with Crippen LogP contribution in [0.3, 0.4) is 0 Å². The fourth-order valence-electron chi connectivity index (χ4n) is 3.23. The molecule has 1 heterocycles. The number of aromatic nitrogens is 3. The van der Waals surface area contributed by atoms with Crippen LogP contribution in [0.5, 0.6) is 11.5 Å². The summed E-state index contributed by atoms with van der Waals surface area (Å²) in [6, 6.07) is 17.5. The Morgan fingerprint density at radius 2 is 1.68 bits per heavy atom. The van der Waals surface area contributed by atoms with Crippen molar-refractivity contribution < 1.29 is 9.53 Å². The number of ketones is 1. The summed E-state index contributed by atoms with van der Waals surface area (Å²) in [6.07, 6.45) is 4.82. The van der Waals surface area contributed by atoms with Gasteiger partial charge in [-0.1, -0.05) is 30.0 Å². The third-order valence-corrected chi connectivity index (χ3v) is 5.98. The first-order valence-electron chi connectivity index (χ1n) is 9.72. The van der Waals surface area contributed by atoms with Gasteiger partial charge in [-0.3, -0.25) is 4.79 Å². The van der Waals surface area contributed by atoms with E-state index in [1.165, 1.54) is 37.4 Å². The first-order valence-corrected chi connectivity index (χ1v) is 10.7. The second-order valence-electron chi connectivity index (χ2n) is 7.37. The van der Waals surface area contributed by atoms with Gasteiger partial charge in [0.1, 0.15) is 17.3 Å². The highest BCUT2D eigenvalue weighted by Gasteiger charge is 2.36. The summed E-state index contributed by atoms with van der Waals surface area (Å²) in [5.41, 5.74) is 0.688. The molecule has 1 aromatic heterocycles. The van der Waals surface area contributed by atoms with Crippen LogP contribution in [0, 0.1) is 0 Å². The van der Waals surface area contributed by atoms with Crippen LogP contribution in [-0.4, -0.2) is 26.3 Å². The number of para-hydroxylation sites is 1. The minimum atomic E-state index is 0.0922. The van der Waals surface area contributed by atoms with Gasteiger partial charge in [-0.2, -0.15) is 0 Å². The molecule has 2 aliphatic carbocycles. The minimum Gasteiger partial charge on any atom is -0.457 e. The number of carbonyl (C=O) groups excluding carboxylic acids is 1. The normalized spacial score (nSPS) is 16.1. The van der Waals surface area contributed by atoms with Crippen LogP contribution in [0.2, 0.25) is 0 Å². The Morgan fingerprint density at radius 3 is 2.36 bits per heavy atom. The first-order chi connectivity index (χ1) is 13.8. The van der Waals surface area contributed by atoms with E-state index in [2.05, 4.69) is 14.8 Å². The molecule has 0 spiro atoms. The minimum absolute atomic E-state index is 0.0922. The number of benzene rings is 2. The van der Waals surface area contributed by atoms with E-state index in [1.807, 2.05) is 54.6 Å². The predicted octanol–water partition coefficient (Wildman–Crippen LogP) is 5.26. The molecule has 2 aromatic carbocycles. The van der Waals surface area contributed by atoms with Crippen LogP contribution in [0.25, 0.3) is 0 Å². The van der Waals surface area contributed by atoms with Crippen molar-refractivity contribution in [3.8, 4) is 11.5 Å². The van der Waals surface area contributed by atoms with E-state index < -0.39 is 0 Å². The molecule has 0 bridgehead atoms.